The van der Waals surface area contributed by atoms with Crippen molar-refractivity contribution < 1.29 is 13.4 Å². The quantitative estimate of drug-likeness (QED) is 0.795. The van der Waals surface area contributed by atoms with Crippen molar-refractivity contribution in [3.05, 3.63) is 59.7 Å². The number of carbonyl (C=O) groups is 1. The second kappa shape index (κ2) is 7.79. The van der Waals surface area contributed by atoms with Crippen molar-refractivity contribution in [3.8, 4) is 0 Å². The Morgan fingerprint density at radius 1 is 1.32 bits per heavy atom. The van der Waals surface area contributed by atoms with Gasteiger partial charge in [-0.25, -0.2) is 8.60 Å². The number of hydrogen-bond acceptors (Lipinski definition) is 3. The van der Waals surface area contributed by atoms with E-state index in [0.717, 1.165) is 6.42 Å². The molecule has 4 nitrogen and oxygen atoms in total. The molecule has 0 fully saturated rings. The summed E-state index contributed by atoms with van der Waals surface area (Å²) in [7, 11) is -1.49. The molecule has 1 N–H and O–H groups in total. The molecule has 0 saturated carbocycles. The number of halogens is 1. The van der Waals surface area contributed by atoms with Crippen LogP contribution in [0.2, 0.25) is 0 Å². The van der Waals surface area contributed by atoms with E-state index in [-0.39, 0.29) is 17.4 Å². The molecule has 6 heteroatoms. The van der Waals surface area contributed by atoms with Gasteiger partial charge in [-0.15, -0.1) is 0 Å². The first kappa shape index (κ1) is 16.3. The van der Waals surface area contributed by atoms with Crippen LogP contribution in [-0.4, -0.2) is 15.0 Å². The summed E-state index contributed by atoms with van der Waals surface area (Å²) in [6.45, 7) is 1.92. The Bertz CT molecular complexity index is 691. The minimum atomic E-state index is -1.49. The van der Waals surface area contributed by atoms with Crippen LogP contribution in [-0.2, 0) is 16.7 Å². The van der Waals surface area contributed by atoms with Crippen molar-refractivity contribution >= 4 is 22.5 Å². The minimum Gasteiger partial charge on any atom is -0.305 e. The standard InChI is InChI=1S/C16H17FN2O2S/c1-2-5-16(20)15-10-13(8-9-18-15)19-22(21)11-12-6-3-4-7-14(12)17/h3-4,6-10H,2,5,11H2,1H3,(H,18,19). The van der Waals surface area contributed by atoms with E-state index in [1.54, 1.807) is 30.3 Å². The summed E-state index contributed by atoms with van der Waals surface area (Å²) >= 11 is 0. The number of Topliss-reactive ketones (excluding diaryl/α,β-unsaturated/α-hetero) is 1. The van der Waals surface area contributed by atoms with Crippen LogP contribution >= 0.6 is 0 Å². The fraction of sp³-hybridized carbons (Fsp3) is 0.250. The number of anilines is 1. The Morgan fingerprint density at radius 2 is 2.09 bits per heavy atom. The maximum absolute atomic E-state index is 13.5. The van der Waals surface area contributed by atoms with Crippen LogP contribution < -0.4 is 4.72 Å². The summed E-state index contributed by atoms with van der Waals surface area (Å²) in [4.78, 5) is 15.8. The molecule has 2 rings (SSSR count). The smallest absolute Gasteiger partial charge is 0.181 e. The van der Waals surface area contributed by atoms with Crippen molar-refractivity contribution in [2.45, 2.75) is 25.5 Å². The van der Waals surface area contributed by atoms with Crippen LogP contribution in [0.4, 0.5) is 10.1 Å². The molecule has 0 bridgehead atoms. The van der Waals surface area contributed by atoms with Crippen LogP contribution in [0, 0.1) is 5.82 Å². The third-order valence-corrected chi connectivity index (χ3v) is 4.04. The third-order valence-electron chi connectivity index (χ3n) is 3.00. The highest BCUT2D eigenvalue weighted by Gasteiger charge is 2.10. The number of ketones is 1. The van der Waals surface area contributed by atoms with Crippen molar-refractivity contribution in [2.75, 3.05) is 4.72 Å². The monoisotopic (exact) mass is 320 g/mol. The minimum absolute atomic E-state index is 0.0488. The molecule has 0 saturated heterocycles. The first-order valence-corrected chi connectivity index (χ1v) is 8.29. The summed E-state index contributed by atoms with van der Waals surface area (Å²) in [5.41, 5.74) is 1.25. The van der Waals surface area contributed by atoms with Crippen LogP contribution in [0.1, 0.15) is 35.8 Å². The van der Waals surface area contributed by atoms with Gasteiger partial charge in [0.15, 0.2) is 5.78 Å². The van der Waals surface area contributed by atoms with E-state index in [0.29, 0.717) is 23.4 Å². The van der Waals surface area contributed by atoms with Crippen LogP contribution in [0.15, 0.2) is 42.6 Å². The zero-order valence-electron chi connectivity index (χ0n) is 12.2. The number of aromatic nitrogens is 1. The Balaban J connectivity index is 2.04. The predicted molar refractivity (Wildman–Crippen MR) is 85.3 cm³/mol. The fourth-order valence-corrected chi connectivity index (χ4v) is 2.90. The lowest BCUT2D eigenvalue weighted by Crippen LogP contribution is -2.09. The molecular weight excluding hydrogens is 303 g/mol. The lowest BCUT2D eigenvalue weighted by Gasteiger charge is -2.08. The molecule has 1 atom stereocenters. The Morgan fingerprint density at radius 3 is 2.82 bits per heavy atom. The van der Waals surface area contributed by atoms with Crippen LogP contribution in [0.3, 0.4) is 0 Å². The Kier molecular flexibility index (Phi) is 5.77. The second-order valence-corrected chi connectivity index (χ2v) is 5.97. The van der Waals surface area contributed by atoms with Gasteiger partial charge in [0, 0.05) is 18.2 Å². The van der Waals surface area contributed by atoms with Crippen molar-refractivity contribution in [3.63, 3.8) is 0 Å². The number of rotatable bonds is 7. The number of hydrogen-bond donors (Lipinski definition) is 1. The topological polar surface area (TPSA) is 59.1 Å². The van der Waals surface area contributed by atoms with Gasteiger partial charge in [0.2, 0.25) is 0 Å². The van der Waals surface area contributed by atoms with Crippen LogP contribution in [0.5, 0.6) is 0 Å². The highest BCUT2D eigenvalue weighted by Crippen LogP contribution is 2.14. The molecule has 0 aliphatic carbocycles. The molecule has 0 aliphatic heterocycles. The number of benzene rings is 1. The van der Waals surface area contributed by atoms with Gasteiger partial charge in [-0.3, -0.25) is 9.78 Å². The molecule has 0 amide bonds. The molecule has 22 heavy (non-hydrogen) atoms. The number of nitrogens with one attached hydrogen (secondary N) is 1. The van der Waals surface area contributed by atoms with Gasteiger partial charge < -0.3 is 4.72 Å². The van der Waals surface area contributed by atoms with E-state index in [1.165, 1.54) is 12.3 Å². The summed E-state index contributed by atoms with van der Waals surface area (Å²) < 4.78 is 28.4. The van der Waals surface area contributed by atoms with Gasteiger partial charge in [-0.1, -0.05) is 25.1 Å². The zero-order valence-corrected chi connectivity index (χ0v) is 13.0. The van der Waals surface area contributed by atoms with Gasteiger partial charge in [0.25, 0.3) is 0 Å². The summed E-state index contributed by atoms with van der Waals surface area (Å²) in [6, 6.07) is 9.41. The maximum Gasteiger partial charge on any atom is 0.181 e. The first-order chi connectivity index (χ1) is 10.6. The summed E-state index contributed by atoms with van der Waals surface area (Å²) in [5, 5.41) is 0. The molecule has 1 aromatic carbocycles. The molecule has 0 aliphatic rings. The van der Waals surface area contributed by atoms with Crippen molar-refractivity contribution in [2.24, 2.45) is 0 Å². The van der Waals surface area contributed by atoms with Gasteiger partial charge in [0.1, 0.15) is 22.5 Å². The predicted octanol–water partition coefficient (Wildman–Crippen LogP) is 3.48. The highest BCUT2D eigenvalue weighted by molar-refractivity contribution is 7.85. The fourth-order valence-electron chi connectivity index (χ4n) is 1.93. The normalized spacial score (nSPS) is 11.9. The number of carbonyl (C=O) groups excluding carboxylic acids is 1. The highest BCUT2D eigenvalue weighted by atomic mass is 32.2. The lowest BCUT2D eigenvalue weighted by atomic mass is 10.1. The van der Waals surface area contributed by atoms with E-state index in [4.69, 9.17) is 0 Å². The van der Waals surface area contributed by atoms with Crippen molar-refractivity contribution in [1.82, 2.24) is 4.98 Å². The number of nitrogens with zero attached hydrogens (tertiary/aromatic N) is 1. The second-order valence-electron chi connectivity index (χ2n) is 4.79. The molecule has 0 radical (unpaired) electrons. The van der Waals surface area contributed by atoms with Gasteiger partial charge >= 0.3 is 0 Å². The van der Waals surface area contributed by atoms with Gasteiger partial charge in [0.05, 0.1) is 11.4 Å². The molecule has 1 heterocycles. The maximum atomic E-state index is 13.5. The van der Waals surface area contributed by atoms with E-state index >= 15 is 0 Å². The molecule has 1 unspecified atom stereocenters. The molecule has 116 valence electrons. The van der Waals surface area contributed by atoms with Gasteiger partial charge in [-0.2, -0.15) is 0 Å². The van der Waals surface area contributed by atoms with E-state index in [9.17, 15) is 13.4 Å². The zero-order chi connectivity index (χ0) is 15.9. The summed E-state index contributed by atoms with van der Waals surface area (Å²) in [6.07, 6.45) is 2.66. The molecule has 2 aromatic rings. The van der Waals surface area contributed by atoms with E-state index in [1.807, 2.05) is 6.92 Å². The molecule has 1 aromatic heterocycles. The lowest BCUT2D eigenvalue weighted by molar-refractivity contribution is 0.0977. The molecule has 0 spiro atoms. The van der Waals surface area contributed by atoms with E-state index < -0.39 is 11.0 Å². The van der Waals surface area contributed by atoms with E-state index in [2.05, 4.69) is 9.71 Å². The third kappa shape index (κ3) is 4.46. The average Bonchev–Trinajstić information content (AvgIpc) is 2.50. The van der Waals surface area contributed by atoms with Gasteiger partial charge in [-0.05, 0) is 24.6 Å². The first-order valence-electron chi connectivity index (χ1n) is 6.98. The summed E-state index contributed by atoms with van der Waals surface area (Å²) in [5.74, 6) is -0.384. The average molecular weight is 320 g/mol. The van der Waals surface area contributed by atoms with Crippen LogP contribution in [0.25, 0.3) is 0 Å². The van der Waals surface area contributed by atoms with Crippen molar-refractivity contribution in [1.29, 1.82) is 0 Å². The Hall–Kier alpha value is -2.08. The largest absolute Gasteiger partial charge is 0.305 e. The Labute approximate surface area is 131 Å². The molecular formula is C16H17FN2O2S. The SMILES string of the molecule is CCCC(=O)c1cc(NS(=O)Cc2ccccc2F)ccn1. The number of pyridine rings is 1.